The first-order chi connectivity index (χ1) is 8.46. The van der Waals surface area contributed by atoms with Crippen LogP contribution in [0.3, 0.4) is 0 Å². The summed E-state index contributed by atoms with van der Waals surface area (Å²) in [6.45, 7) is 7.60. The van der Waals surface area contributed by atoms with Gasteiger partial charge in [-0.25, -0.2) is 0 Å². The fourth-order valence-electron chi connectivity index (χ4n) is 2.27. The average molecular weight is 267 g/mol. The van der Waals surface area contributed by atoms with Crippen molar-refractivity contribution >= 4 is 17.3 Å². The number of rotatable bonds is 3. The first-order valence-electron chi connectivity index (χ1n) is 6.44. The third-order valence-electron chi connectivity index (χ3n) is 3.01. The molecule has 0 radical (unpaired) electrons. The van der Waals surface area contributed by atoms with Gasteiger partial charge in [0.15, 0.2) is 0 Å². The molecule has 0 aliphatic carbocycles. The number of hydrogen-bond donors (Lipinski definition) is 0. The van der Waals surface area contributed by atoms with Crippen molar-refractivity contribution in [2.45, 2.75) is 51.8 Å². The zero-order valence-corrected chi connectivity index (χ0v) is 12.1. The Balaban J connectivity index is 1.97. The van der Waals surface area contributed by atoms with Crippen LogP contribution in [0.25, 0.3) is 0 Å². The minimum atomic E-state index is -0.395. The quantitative estimate of drug-likeness (QED) is 0.788. The Morgan fingerprint density at radius 1 is 1.56 bits per heavy atom. The maximum Gasteiger partial charge on any atom is 0.323 e. The number of likely N-dealkylation sites (tertiary alicyclic amines) is 1. The van der Waals surface area contributed by atoms with Crippen molar-refractivity contribution in [1.82, 2.24) is 4.90 Å². The Labute approximate surface area is 113 Å². The number of carbonyl (C=O) groups is 1. The van der Waals surface area contributed by atoms with Gasteiger partial charge in [-0.15, -0.1) is 0 Å². The molecule has 1 aliphatic rings. The molecular formula is C14H21NO2S. The molecular weight excluding hydrogens is 246 g/mol. The highest BCUT2D eigenvalue weighted by Crippen LogP contribution is 2.23. The van der Waals surface area contributed by atoms with E-state index in [2.05, 4.69) is 21.7 Å². The molecule has 0 unspecified atom stereocenters. The molecule has 4 heteroatoms. The zero-order valence-electron chi connectivity index (χ0n) is 11.3. The molecule has 3 nitrogen and oxygen atoms in total. The summed E-state index contributed by atoms with van der Waals surface area (Å²) in [6, 6.07) is 2.05. The van der Waals surface area contributed by atoms with Gasteiger partial charge in [-0.1, -0.05) is 0 Å². The van der Waals surface area contributed by atoms with Crippen molar-refractivity contribution in [3.8, 4) is 0 Å². The van der Waals surface area contributed by atoms with Crippen molar-refractivity contribution < 1.29 is 9.53 Å². The number of hydrogen-bond acceptors (Lipinski definition) is 4. The van der Waals surface area contributed by atoms with Crippen LogP contribution in [0.4, 0.5) is 0 Å². The number of carbonyl (C=O) groups excluding carboxylic acids is 1. The molecule has 0 bridgehead atoms. The van der Waals surface area contributed by atoms with Gasteiger partial charge >= 0.3 is 5.97 Å². The molecule has 0 spiro atoms. The van der Waals surface area contributed by atoms with Crippen molar-refractivity contribution in [2.24, 2.45) is 0 Å². The van der Waals surface area contributed by atoms with Crippen LogP contribution in [0.5, 0.6) is 0 Å². The third-order valence-corrected chi connectivity index (χ3v) is 3.74. The van der Waals surface area contributed by atoms with E-state index in [1.54, 1.807) is 11.3 Å². The average Bonchev–Trinajstić information content (AvgIpc) is 2.86. The van der Waals surface area contributed by atoms with Crippen LogP contribution in [-0.4, -0.2) is 29.1 Å². The molecule has 1 aromatic heterocycles. The van der Waals surface area contributed by atoms with Gasteiger partial charge in [0, 0.05) is 6.54 Å². The number of ether oxygens (including phenoxy) is 1. The summed E-state index contributed by atoms with van der Waals surface area (Å²) >= 11 is 1.70. The van der Waals surface area contributed by atoms with E-state index in [0.717, 1.165) is 25.9 Å². The van der Waals surface area contributed by atoms with E-state index < -0.39 is 5.60 Å². The van der Waals surface area contributed by atoms with Gasteiger partial charge in [-0.05, 0) is 62.5 Å². The Morgan fingerprint density at radius 2 is 2.33 bits per heavy atom. The van der Waals surface area contributed by atoms with Crippen molar-refractivity contribution in [2.75, 3.05) is 6.54 Å². The van der Waals surface area contributed by atoms with E-state index in [1.807, 2.05) is 20.8 Å². The van der Waals surface area contributed by atoms with Gasteiger partial charge < -0.3 is 4.74 Å². The predicted molar refractivity (Wildman–Crippen MR) is 73.6 cm³/mol. The Hall–Kier alpha value is -0.870. The summed E-state index contributed by atoms with van der Waals surface area (Å²) in [5.41, 5.74) is 0.892. The van der Waals surface area contributed by atoms with Gasteiger partial charge in [0.2, 0.25) is 0 Å². The van der Waals surface area contributed by atoms with E-state index >= 15 is 0 Å². The van der Waals surface area contributed by atoms with Crippen LogP contribution in [-0.2, 0) is 16.1 Å². The first-order valence-corrected chi connectivity index (χ1v) is 7.38. The van der Waals surface area contributed by atoms with Gasteiger partial charge in [-0.2, -0.15) is 11.3 Å². The van der Waals surface area contributed by atoms with Crippen LogP contribution < -0.4 is 0 Å². The fraction of sp³-hybridized carbons (Fsp3) is 0.643. The predicted octanol–water partition coefficient (Wildman–Crippen LogP) is 3.05. The largest absolute Gasteiger partial charge is 0.459 e. The molecule has 0 N–H and O–H groups in total. The van der Waals surface area contributed by atoms with E-state index in [1.165, 1.54) is 5.56 Å². The lowest BCUT2D eigenvalue weighted by atomic mass is 10.1. The molecule has 0 saturated carbocycles. The molecule has 0 aromatic carbocycles. The van der Waals surface area contributed by atoms with Gasteiger partial charge in [-0.3, -0.25) is 9.69 Å². The van der Waals surface area contributed by atoms with Crippen molar-refractivity contribution in [1.29, 1.82) is 0 Å². The van der Waals surface area contributed by atoms with E-state index in [9.17, 15) is 4.79 Å². The second-order valence-electron chi connectivity index (χ2n) is 5.79. The summed E-state index contributed by atoms with van der Waals surface area (Å²) in [5, 5.41) is 4.22. The van der Waals surface area contributed by atoms with Gasteiger partial charge in [0.25, 0.3) is 0 Å². The minimum absolute atomic E-state index is 0.0656. The van der Waals surface area contributed by atoms with E-state index in [0.29, 0.717) is 0 Å². The molecule has 1 aliphatic heterocycles. The lowest BCUT2D eigenvalue weighted by Gasteiger charge is -2.27. The van der Waals surface area contributed by atoms with E-state index in [4.69, 9.17) is 4.74 Å². The number of esters is 1. The maximum atomic E-state index is 12.1. The summed E-state index contributed by atoms with van der Waals surface area (Å²) in [7, 11) is 0. The molecule has 1 fully saturated rings. The molecule has 1 aromatic rings. The standard InChI is InChI=1S/C14H21NO2S/c1-14(2,3)17-13(16)12-5-4-7-15(12)9-11-6-8-18-10-11/h6,8,10,12H,4-5,7,9H2,1-3H3/t12-/m1/s1. The van der Waals surface area contributed by atoms with Crippen molar-refractivity contribution in [3.63, 3.8) is 0 Å². The van der Waals surface area contributed by atoms with E-state index in [-0.39, 0.29) is 12.0 Å². The second-order valence-corrected chi connectivity index (χ2v) is 6.57. The number of thiophene rings is 1. The highest BCUT2D eigenvalue weighted by Gasteiger charge is 2.33. The molecule has 18 heavy (non-hydrogen) atoms. The molecule has 0 amide bonds. The van der Waals surface area contributed by atoms with Crippen LogP contribution in [0.15, 0.2) is 16.8 Å². The lowest BCUT2D eigenvalue weighted by molar-refractivity contribution is -0.160. The molecule has 1 saturated heterocycles. The van der Waals surface area contributed by atoms with Gasteiger partial charge in [0.1, 0.15) is 11.6 Å². The molecule has 1 atom stereocenters. The van der Waals surface area contributed by atoms with Crippen molar-refractivity contribution in [3.05, 3.63) is 22.4 Å². The molecule has 2 rings (SSSR count). The molecule has 2 heterocycles. The number of nitrogens with zero attached hydrogens (tertiary/aromatic N) is 1. The molecule has 100 valence electrons. The first kappa shape index (κ1) is 13.6. The highest BCUT2D eigenvalue weighted by atomic mass is 32.1. The van der Waals surface area contributed by atoms with Crippen LogP contribution in [0.2, 0.25) is 0 Å². The normalized spacial score (nSPS) is 21.2. The summed E-state index contributed by atoms with van der Waals surface area (Å²) in [5.74, 6) is -0.0739. The summed E-state index contributed by atoms with van der Waals surface area (Å²) < 4.78 is 5.49. The summed E-state index contributed by atoms with van der Waals surface area (Å²) in [4.78, 5) is 14.4. The highest BCUT2D eigenvalue weighted by molar-refractivity contribution is 7.07. The maximum absolute atomic E-state index is 12.1. The smallest absolute Gasteiger partial charge is 0.323 e. The Morgan fingerprint density at radius 3 is 2.94 bits per heavy atom. The Kier molecular flexibility index (Phi) is 4.07. The third kappa shape index (κ3) is 3.56. The second kappa shape index (κ2) is 5.41. The van der Waals surface area contributed by atoms with Crippen LogP contribution in [0, 0.1) is 0 Å². The monoisotopic (exact) mass is 267 g/mol. The zero-order chi connectivity index (χ0) is 13.2. The summed E-state index contributed by atoms with van der Waals surface area (Å²) in [6.07, 6.45) is 1.99. The van der Waals surface area contributed by atoms with Crippen LogP contribution in [0.1, 0.15) is 39.2 Å². The minimum Gasteiger partial charge on any atom is -0.459 e. The van der Waals surface area contributed by atoms with Gasteiger partial charge in [0.05, 0.1) is 0 Å². The SMILES string of the molecule is CC(C)(C)OC(=O)[C@H]1CCCN1Cc1ccsc1. The Bertz CT molecular complexity index is 394. The fourth-order valence-corrected chi connectivity index (χ4v) is 2.93. The topological polar surface area (TPSA) is 29.5 Å². The lowest BCUT2D eigenvalue weighted by Crippen LogP contribution is -2.40. The van der Waals surface area contributed by atoms with Crippen LogP contribution >= 0.6 is 11.3 Å².